The van der Waals surface area contributed by atoms with Crippen molar-refractivity contribution < 1.29 is 84.1 Å². The molecular formula is C48H76F4N6O14. The number of nitrogens with zero attached hydrogens (tertiary/aromatic N) is 5. The normalized spacial score (nSPS) is 12.6. The number of benzene rings is 1. The molecule has 20 nitrogen and oxygen atoms in total. The highest BCUT2D eigenvalue weighted by Gasteiger charge is 2.25. The van der Waals surface area contributed by atoms with E-state index in [0.29, 0.717) is 149 Å². The van der Waals surface area contributed by atoms with Gasteiger partial charge in [0.25, 0.3) is 5.91 Å². The predicted molar refractivity (Wildman–Crippen MR) is 256 cm³/mol. The molecule has 0 saturated heterocycles. The molecule has 2 aromatic rings. The van der Waals surface area contributed by atoms with Gasteiger partial charge in [-0.2, -0.15) is 13.9 Å². The van der Waals surface area contributed by atoms with Crippen molar-refractivity contribution >= 4 is 29.5 Å². The molecule has 0 bridgehead atoms. The van der Waals surface area contributed by atoms with E-state index >= 15 is 0 Å². The Labute approximate surface area is 420 Å². The Morgan fingerprint density at radius 1 is 0.639 bits per heavy atom. The number of esters is 1. The molecule has 24 heteroatoms. The third kappa shape index (κ3) is 26.7. The van der Waals surface area contributed by atoms with E-state index in [4.69, 9.17) is 57.9 Å². The third-order valence-corrected chi connectivity index (χ3v) is 10.1. The maximum absolute atomic E-state index is 13.6. The van der Waals surface area contributed by atoms with Crippen molar-refractivity contribution in [3.8, 4) is 5.75 Å². The average molecular weight is 1040 g/mol. The lowest BCUT2D eigenvalue weighted by Crippen LogP contribution is -2.34. The minimum absolute atomic E-state index is 0.0179. The van der Waals surface area contributed by atoms with Crippen molar-refractivity contribution in [3.63, 3.8) is 0 Å². The lowest BCUT2D eigenvalue weighted by Gasteiger charge is -2.21. The molecule has 1 aromatic heterocycles. The van der Waals surface area contributed by atoms with Crippen LogP contribution in [-0.4, -0.2) is 203 Å². The molecule has 410 valence electrons. The monoisotopic (exact) mass is 1040 g/mol. The molecule has 2 N–H and O–H groups in total. The third-order valence-electron chi connectivity index (χ3n) is 10.1. The van der Waals surface area contributed by atoms with Crippen LogP contribution in [0.25, 0.3) is 6.08 Å². The van der Waals surface area contributed by atoms with Crippen LogP contribution in [0.4, 0.5) is 23.2 Å². The summed E-state index contributed by atoms with van der Waals surface area (Å²) >= 11 is 0. The van der Waals surface area contributed by atoms with Crippen LogP contribution in [0.5, 0.6) is 5.75 Å². The van der Waals surface area contributed by atoms with Gasteiger partial charge in [-0.05, 0) is 45.9 Å². The number of hydrogen-bond donors (Lipinski definition) is 1. The smallest absolute Gasteiger partial charge is 0.313 e. The Balaban J connectivity index is 0.990. The summed E-state index contributed by atoms with van der Waals surface area (Å²) in [5, 5.41) is 5.93. The van der Waals surface area contributed by atoms with Gasteiger partial charge < -0.3 is 62.7 Å². The van der Waals surface area contributed by atoms with Crippen LogP contribution < -0.4 is 10.5 Å². The molecule has 0 aliphatic carbocycles. The van der Waals surface area contributed by atoms with Crippen LogP contribution in [0, 0.1) is 23.3 Å². The van der Waals surface area contributed by atoms with Crippen LogP contribution in [0.2, 0.25) is 0 Å². The van der Waals surface area contributed by atoms with Gasteiger partial charge in [0, 0.05) is 37.7 Å². The fourth-order valence-corrected chi connectivity index (χ4v) is 6.48. The lowest BCUT2D eigenvalue weighted by molar-refractivity contribution is -0.180. The van der Waals surface area contributed by atoms with Gasteiger partial charge in [-0.15, -0.1) is 0 Å². The van der Waals surface area contributed by atoms with Crippen molar-refractivity contribution in [2.75, 3.05) is 165 Å². The summed E-state index contributed by atoms with van der Waals surface area (Å²) in [6.45, 7) is 14.9. The largest absolute Gasteiger partial charge is 0.420 e. The predicted octanol–water partition coefficient (Wildman–Crippen LogP) is 4.67. The van der Waals surface area contributed by atoms with Gasteiger partial charge >= 0.3 is 5.97 Å². The number of hydroxylamine groups is 2. The number of aryl methyl sites for hydroxylation is 1. The summed E-state index contributed by atoms with van der Waals surface area (Å²) in [5.41, 5.74) is 8.15. The molecule has 3 rings (SSSR count). The maximum Gasteiger partial charge on any atom is 0.313 e. The Morgan fingerprint density at radius 2 is 1.11 bits per heavy atom. The Bertz CT molecular complexity index is 1830. The van der Waals surface area contributed by atoms with E-state index in [2.05, 4.69) is 26.8 Å². The van der Waals surface area contributed by atoms with Crippen LogP contribution in [0.3, 0.4) is 0 Å². The number of aromatic nitrogens is 2. The number of hydrogen-bond acceptors (Lipinski definition) is 18. The first-order valence-corrected chi connectivity index (χ1v) is 24.6. The zero-order chi connectivity index (χ0) is 52.0. The van der Waals surface area contributed by atoms with Crippen molar-refractivity contribution in [2.45, 2.75) is 58.9 Å². The minimum atomic E-state index is -1.80. The Morgan fingerprint density at radius 3 is 1.58 bits per heavy atom. The molecule has 0 fully saturated rings. The molecule has 72 heavy (non-hydrogen) atoms. The van der Waals surface area contributed by atoms with Crippen molar-refractivity contribution in [1.29, 1.82) is 0 Å². The van der Waals surface area contributed by atoms with E-state index in [1.54, 1.807) is 6.20 Å². The molecule has 1 aliphatic rings. The minimum Gasteiger partial charge on any atom is -0.420 e. The molecule has 2 heterocycles. The molecule has 0 radical (unpaired) electrons. The van der Waals surface area contributed by atoms with E-state index < -0.39 is 41.4 Å². The summed E-state index contributed by atoms with van der Waals surface area (Å²) in [4.78, 5) is 37.3. The molecule has 1 amide bonds. The quantitative estimate of drug-likeness (QED) is 0.0239. The second-order valence-corrected chi connectivity index (χ2v) is 15.9. The van der Waals surface area contributed by atoms with E-state index in [1.165, 1.54) is 5.06 Å². The Kier molecular flexibility index (Phi) is 33.9. The van der Waals surface area contributed by atoms with E-state index in [1.807, 2.05) is 24.6 Å². The van der Waals surface area contributed by atoms with Crippen LogP contribution >= 0.6 is 0 Å². The number of nitrogens with two attached hydrogens (primary N) is 1. The van der Waals surface area contributed by atoms with Crippen molar-refractivity contribution in [3.05, 3.63) is 46.8 Å². The van der Waals surface area contributed by atoms with Crippen molar-refractivity contribution in [2.24, 2.45) is 10.7 Å². The topological polar surface area (TPSA) is 208 Å². The van der Waals surface area contributed by atoms with Gasteiger partial charge in [-0.3, -0.25) is 19.1 Å². The highest BCUT2D eigenvalue weighted by molar-refractivity contribution is 6.04. The number of carbonyl (C=O) groups is 2. The van der Waals surface area contributed by atoms with Gasteiger partial charge in [0.2, 0.25) is 17.4 Å². The highest BCUT2D eigenvalue weighted by Crippen LogP contribution is 2.28. The number of rotatable bonds is 45. The fourth-order valence-electron chi connectivity index (χ4n) is 6.48. The van der Waals surface area contributed by atoms with E-state index in [9.17, 15) is 27.2 Å². The summed E-state index contributed by atoms with van der Waals surface area (Å²) < 4.78 is 115. The number of carbonyl (C=O) groups excluding carboxylic acids is 2. The number of aliphatic imine (C=N–C) groups is 1. The first kappa shape index (κ1) is 62.1. The summed E-state index contributed by atoms with van der Waals surface area (Å²) in [7, 11) is 2.09. The zero-order valence-electron chi connectivity index (χ0n) is 42.2. The molecular weight excluding hydrogens is 961 g/mol. The van der Waals surface area contributed by atoms with Gasteiger partial charge in [0.05, 0.1) is 157 Å². The molecule has 0 saturated carbocycles. The molecule has 1 aromatic carbocycles. The van der Waals surface area contributed by atoms with E-state index in [0.717, 1.165) is 44.5 Å². The maximum atomic E-state index is 13.6. The van der Waals surface area contributed by atoms with Gasteiger partial charge in [0.1, 0.15) is 11.5 Å². The standard InChI is InChI=1S/C48H76F4N6O14/c1-4-10-58(71-5-2)48(60)38-34-42-41(55-43(53)35-38)37-54-57(42)12-8-6-7-11-56(3)13-15-62-17-19-64-21-23-66-25-27-68-29-31-70-33-32-69-30-28-67-26-24-65-22-20-63-18-16-61-14-9-44(59)72-47-45(51)39(49)36-40(50)46(47)52/h34,36-37H,4-33,35H2,1-3H3,(H2,53,55). The average Bonchev–Trinajstić information content (AvgIpc) is 3.64. The number of likely N-dealkylation sites (N-methyl/N-ethyl adjacent to an activating group) is 1. The van der Waals surface area contributed by atoms with Crippen molar-refractivity contribution in [1.82, 2.24) is 19.7 Å². The van der Waals surface area contributed by atoms with Gasteiger partial charge in [0.15, 0.2) is 11.6 Å². The second-order valence-electron chi connectivity index (χ2n) is 15.9. The number of unbranched alkanes of at least 4 members (excludes halogenated alkanes) is 2. The first-order chi connectivity index (χ1) is 35.0. The lowest BCUT2D eigenvalue weighted by atomic mass is 10.1. The molecule has 0 unspecified atom stereocenters. The van der Waals surface area contributed by atoms with Crippen LogP contribution in [-0.2, 0) is 68.3 Å². The Hall–Kier alpha value is -4.18. The second kappa shape index (κ2) is 39.3. The summed E-state index contributed by atoms with van der Waals surface area (Å²) in [6.07, 6.45) is 7.19. The molecule has 1 aliphatic heterocycles. The highest BCUT2D eigenvalue weighted by atomic mass is 19.2. The number of ether oxygens (including phenoxy) is 11. The van der Waals surface area contributed by atoms with Gasteiger partial charge in [-0.25, -0.2) is 18.8 Å². The molecule has 0 atom stereocenters. The zero-order valence-corrected chi connectivity index (χ0v) is 42.2. The van der Waals surface area contributed by atoms with E-state index in [-0.39, 0.29) is 38.2 Å². The van der Waals surface area contributed by atoms with Gasteiger partial charge in [-0.1, -0.05) is 13.3 Å². The summed E-state index contributed by atoms with van der Waals surface area (Å²) in [5.74, 6) is -9.33. The van der Waals surface area contributed by atoms with Crippen LogP contribution in [0.1, 0.15) is 58.1 Å². The van der Waals surface area contributed by atoms with Crippen LogP contribution in [0.15, 0.2) is 22.8 Å². The first-order valence-electron chi connectivity index (χ1n) is 24.6. The molecule has 0 spiro atoms. The number of fused-ring (bicyclic) bond motifs is 1. The SMILES string of the molecule is CCCN(OCC)C(=O)C1=Cc2c(cnn2CCCCCN(C)CCOCCOCCOCCOCCOCCOCCOCCOCCOCCOCCC(=O)Oc2c(F)c(F)cc(F)c2F)N=C(N)C1. The number of amidine groups is 1. The number of amides is 1. The fraction of sp³-hybridized carbons (Fsp3) is 0.708. The summed E-state index contributed by atoms with van der Waals surface area (Å²) in [6, 6.07) is 0.0179. The number of halogens is 4.